The van der Waals surface area contributed by atoms with Crippen molar-refractivity contribution in [2.45, 2.75) is 89.8 Å². The van der Waals surface area contributed by atoms with Gasteiger partial charge in [0.15, 0.2) is 5.78 Å². The normalized spacial score (nSPS) is 14.0. The maximum absolute atomic E-state index is 11.8. The van der Waals surface area contributed by atoms with Gasteiger partial charge in [0.2, 0.25) is 0 Å². The summed E-state index contributed by atoms with van der Waals surface area (Å²) >= 11 is 0. The molecule has 0 amide bonds. The molecule has 2 unspecified atom stereocenters. The summed E-state index contributed by atoms with van der Waals surface area (Å²) in [5, 5.41) is 28.1. The van der Waals surface area contributed by atoms with Gasteiger partial charge in [0.05, 0.1) is 6.10 Å². The van der Waals surface area contributed by atoms with Crippen molar-refractivity contribution in [3.63, 3.8) is 0 Å². The van der Waals surface area contributed by atoms with E-state index in [1.54, 1.807) is 0 Å². The number of aliphatic hydroxyl groups is 2. The average Bonchev–Trinajstić information content (AvgIpc) is 2.52. The van der Waals surface area contributed by atoms with Gasteiger partial charge in [0, 0.05) is 12.8 Å². The highest BCUT2D eigenvalue weighted by atomic mass is 16.4. The quantitative estimate of drug-likeness (QED) is 0.317. The Balaban J connectivity index is 3.75. The number of allylic oxidation sites excluding steroid dienone is 1. The summed E-state index contributed by atoms with van der Waals surface area (Å²) in [4.78, 5) is 22.1. The van der Waals surface area contributed by atoms with Crippen molar-refractivity contribution in [3.05, 3.63) is 12.2 Å². The summed E-state index contributed by atoms with van der Waals surface area (Å²) in [5.41, 5.74) is 0. The molecule has 0 rings (SSSR count). The fourth-order valence-electron chi connectivity index (χ4n) is 2.29. The van der Waals surface area contributed by atoms with Crippen molar-refractivity contribution < 1.29 is 24.9 Å². The largest absolute Gasteiger partial charge is 0.481 e. The number of hydrogen-bond donors (Lipinski definition) is 3. The van der Waals surface area contributed by atoms with E-state index in [4.69, 9.17) is 5.11 Å². The summed E-state index contributed by atoms with van der Waals surface area (Å²) in [6.07, 6.45) is 9.29. The third-order valence-corrected chi connectivity index (χ3v) is 3.78. The van der Waals surface area contributed by atoms with Crippen LogP contribution in [0, 0.1) is 0 Å². The van der Waals surface area contributed by atoms with Gasteiger partial charge in [-0.1, -0.05) is 44.8 Å². The van der Waals surface area contributed by atoms with E-state index in [1.807, 2.05) is 12.2 Å². The fraction of sp³-hybridized carbons (Fsp3) is 0.778. The van der Waals surface area contributed by atoms with Crippen molar-refractivity contribution >= 4 is 11.8 Å². The molecule has 0 aromatic carbocycles. The lowest BCUT2D eigenvalue weighted by molar-refractivity contribution is -0.137. The molecule has 0 aliphatic rings. The molecule has 0 bridgehead atoms. The molecule has 0 aromatic rings. The molecule has 0 fully saturated rings. The number of rotatable bonds is 15. The molecule has 0 saturated carbocycles. The van der Waals surface area contributed by atoms with Crippen LogP contribution in [0.3, 0.4) is 0 Å². The highest BCUT2D eigenvalue weighted by Crippen LogP contribution is 2.10. The average molecular weight is 328 g/mol. The Labute approximate surface area is 139 Å². The first-order chi connectivity index (χ1) is 11.0. The van der Waals surface area contributed by atoms with Crippen LogP contribution in [0.4, 0.5) is 0 Å². The smallest absolute Gasteiger partial charge is 0.303 e. The number of carboxylic acids is 1. The molecule has 5 nitrogen and oxygen atoms in total. The Morgan fingerprint density at radius 1 is 0.913 bits per heavy atom. The third kappa shape index (κ3) is 13.0. The molecule has 2 atom stereocenters. The lowest BCUT2D eigenvalue weighted by Crippen LogP contribution is -2.33. The topological polar surface area (TPSA) is 94.8 Å². The molecule has 0 aromatic heterocycles. The zero-order valence-corrected chi connectivity index (χ0v) is 14.2. The maximum atomic E-state index is 11.8. The van der Waals surface area contributed by atoms with Crippen LogP contribution in [0.5, 0.6) is 0 Å². The second-order valence-corrected chi connectivity index (χ2v) is 5.99. The van der Waals surface area contributed by atoms with Crippen molar-refractivity contribution in [1.29, 1.82) is 0 Å². The molecular formula is C18H32O5. The molecule has 0 aliphatic heterocycles. The van der Waals surface area contributed by atoms with Crippen LogP contribution in [-0.4, -0.2) is 39.3 Å². The first-order valence-corrected chi connectivity index (χ1v) is 8.74. The zero-order chi connectivity index (χ0) is 17.5. The fourth-order valence-corrected chi connectivity index (χ4v) is 2.29. The first kappa shape index (κ1) is 21.8. The number of carboxylic acid groups (broad SMARTS) is 1. The van der Waals surface area contributed by atoms with Crippen LogP contribution >= 0.6 is 0 Å². The summed E-state index contributed by atoms with van der Waals surface area (Å²) in [5.74, 6) is -1.14. The summed E-state index contributed by atoms with van der Waals surface area (Å²) in [7, 11) is 0. The maximum Gasteiger partial charge on any atom is 0.303 e. The molecule has 0 saturated heterocycles. The predicted molar refractivity (Wildman–Crippen MR) is 90.3 cm³/mol. The second-order valence-electron chi connectivity index (χ2n) is 5.99. The molecule has 134 valence electrons. The van der Waals surface area contributed by atoms with E-state index in [-0.39, 0.29) is 25.0 Å². The standard InChI is InChI=1S/C18H32O5/c1-2-3-4-5-6-9-12-15(19)18(23)16(20)13-10-7-8-11-14-17(21)22/h6,9,15,18-19,23H,2-5,7-8,10-14H2,1H3,(H,21,22)/b9-6-. The number of hydrogen-bond acceptors (Lipinski definition) is 4. The predicted octanol–water partition coefficient (Wildman–Crippen LogP) is 3.23. The van der Waals surface area contributed by atoms with E-state index < -0.39 is 18.2 Å². The molecule has 3 N–H and O–H groups in total. The number of carbonyl (C=O) groups is 2. The Hall–Kier alpha value is -1.20. The van der Waals surface area contributed by atoms with Gasteiger partial charge in [-0.25, -0.2) is 0 Å². The Kier molecular flexibility index (Phi) is 13.6. The minimum Gasteiger partial charge on any atom is -0.481 e. The van der Waals surface area contributed by atoms with Gasteiger partial charge >= 0.3 is 5.97 Å². The molecule has 0 aliphatic carbocycles. The van der Waals surface area contributed by atoms with Crippen LogP contribution in [-0.2, 0) is 9.59 Å². The minimum absolute atomic E-state index is 0.153. The second kappa shape index (κ2) is 14.4. The van der Waals surface area contributed by atoms with E-state index in [9.17, 15) is 19.8 Å². The lowest BCUT2D eigenvalue weighted by Gasteiger charge is -2.15. The van der Waals surface area contributed by atoms with E-state index >= 15 is 0 Å². The number of aliphatic hydroxyl groups excluding tert-OH is 2. The van der Waals surface area contributed by atoms with E-state index in [0.717, 1.165) is 25.7 Å². The SMILES string of the molecule is CCCCC/C=C\CC(O)C(O)C(=O)CCCCCCC(=O)O. The molecule has 0 radical (unpaired) electrons. The summed E-state index contributed by atoms with van der Waals surface area (Å²) < 4.78 is 0. The molecular weight excluding hydrogens is 296 g/mol. The van der Waals surface area contributed by atoms with Crippen molar-refractivity contribution in [1.82, 2.24) is 0 Å². The highest BCUT2D eigenvalue weighted by Gasteiger charge is 2.22. The Morgan fingerprint density at radius 3 is 2.17 bits per heavy atom. The van der Waals surface area contributed by atoms with E-state index in [1.165, 1.54) is 12.8 Å². The molecule has 0 spiro atoms. The van der Waals surface area contributed by atoms with Gasteiger partial charge < -0.3 is 15.3 Å². The van der Waals surface area contributed by atoms with Crippen molar-refractivity contribution in [2.24, 2.45) is 0 Å². The zero-order valence-electron chi connectivity index (χ0n) is 14.2. The number of ketones is 1. The van der Waals surface area contributed by atoms with E-state index in [2.05, 4.69) is 6.92 Å². The van der Waals surface area contributed by atoms with Gasteiger partial charge in [-0.05, 0) is 32.1 Å². The van der Waals surface area contributed by atoms with E-state index in [0.29, 0.717) is 12.8 Å². The summed E-state index contributed by atoms with van der Waals surface area (Å²) in [6.45, 7) is 2.14. The number of Topliss-reactive ketones (excluding diaryl/α,β-unsaturated/α-hetero) is 1. The number of aliphatic carboxylic acids is 1. The third-order valence-electron chi connectivity index (χ3n) is 3.78. The minimum atomic E-state index is -1.32. The van der Waals surface area contributed by atoms with Gasteiger partial charge in [-0.3, -0.25) is 9.59 Å². The first-order valence-electron chi connectivity index (χ1n) is 8.74. The summed E-state index contributed by atoms with van der Waals surface area (Å²) in [6, 6.07) is 0. The monoisotopic (exact) mass is 328 g/mol. The Morgan fingerprint density at radius 2 is 1.57 bits per heavy atom. The number of carbonyl (C=O) groups excluding carboxylic acids is 1. The van der Waals surface area contributed by atoms with Gasteiger partial charge in [-0.2, -0.15) is 0 Å². The van der Waals surface area contributed by atoms with Gasteiger partial charge in [0.1, 0.15) is 6.10 Å². The van der Waals surface area contributed by atoms with Crippen LogP contribution in [0.25, 0.3) is 0 Å². The molecule has 0 heterocycles. The lowest BCUT2D eigenvalue weighted by atomic mass is 10.0. The van der Waals surface area contributed by atoms with Gasteiger partial charge in [-0.15, -0.1) is 0 Å². The Bertz CT molecular complexity index is 351. The van der Waals surface area contributed by atoms with Crippen LogP contribution in [0.1, 0.15) is 77.6 Å². The van der Waals surface area contributed by atoms with Crippen molar-refractivity contribution in [2.75, 3.05) is 0 Å². The van der Waals surface area contributed by atoms with Gasteiger partial charge in [0.25, 0.3) is 0 Å². The van der Waals surface area contributed by atoms with Crippen LogP contribution in [0.2, 0.25) is 0 Å². The van der Waals surface area contributed by atoms with Crippen LogP contribution in [0.15, 0.2) is 12.2 Å². The highest BCUT2D eigenvalue weighted by molar-refractivity contribution is 5.83. The molecule has 23 heavy (non-hydrogen) atoms. The number of unbranched alkanes of at least 4 members (excludes halogenated alkanes) is 6. The molecule has 5 heteroatoms. The van der Waals surface area contributed by atoms with Crippen LogP contribution < -0.4 is 0 Å². The van der Waals surface area contributed by atoms with Crippen molar-refractivity contribution in [3.8, 4) is 0 Å².